The summed E-state index contributed by atoms with van der Waals surface area (Å²) in [7, 11) is 5.23. The third-order valence-corrected chi connectivity index (χ3v) is 4.41. The summed E-state index contributed by atoms with van der Waals surface area (Å²) in [5.74, 6) is 2.04. The first-order chi connectivity index (χ1) is 11.6. The first-order valence-corrected chi connectivity index (χ1v) is 8.18. The van der Waals surface area contributed by atoms with Gasteiger partial charge in [-0.05, 0) is 36.1 Å². The first kappa shape index (κ1) is 16.4. The van der Waals surface area contributed by atoms with Gasteiger partial charge in [0.05, 0.1) is 13.7 Å². The number of methoxy groups -OCH3 is 1. The third kappa shape index (κ3) is 3.23. The predicted molar refractivity (Wildman–Crippen MR) is 93.8 cm³/mol. The number of benzene rings is 2. The van der Waals surface area contributed by atoms with Crippen LogP contribution in [-0.4, -0.2) is 38.6 Å². The van der Waals surface area contributed by atoms with Gasteiger partial charge in [0.25, 0.3) is 5.91 Å². The van der Waals surface area contributed by atoms with Crippen molar-refractivity contribution in [3.8, 4) is 11.5 Å². The minimum absolute atomic E-state index is 0.0457. The van der Waals surface area contributed by atoms with Crippen LogP contribution in [0.2, 0.25) is 0 Å². The van der Waals surface area contributed by atoms with Crippen LogP contribution in [0.4, 0.5) is 0 Å². The number of fused-ring (bicyclic) bond motifs is 1. The molecule has 0 radical (unpaired) electrons. The van der Waals surface area contributed by atoms with E-state index in [0.29, 0.717) is 12.5 Å². The van der Waals surface area contributed by atoms with Crippen molar-refractivity contribution in [1.29, 1.82) is 0 Å². The highest BCUT2D eigenvalue weighted by atomic mass is 16.5. The van der Waals surface area contributed by atoms with Crippen molar-refractivity contribution < 1.29 is 14.3 Å². The number of hydrogen-bond donors (Lipinski definition) is 0. The fourth-order valence-corrected chi connectivity index (χ4v) is 3.21. The van der Waals surface area contributed by atoms with Crippen LogP contribution in [0.15, 0.2) is 42.5 Å². The molecule has 1 heterocycles. The second kappa shape index (κ2) is 6.95. The molecular formula is C20H23NO3. The number of nitrogens with zero attached hydrogens (tertiary/aromatic N) is 1. The van der Waals surface area contributed by atoms with Crippen molar-refractivity contribution in [2.75, 3.05) is 27.8 Å². The van der Waals surface area contributed by atoms with Crippen LogP contribution in [0.3, 0.4) is 0 Å². The number of carbonyl (C=O) groups excluding carboxylic acids is 1. The second-order valence-corrected chi connectivity index (χ2v) is 6.39. The van der Waals surface area contributed by atoms with Gasteiger partial charge in [0.1, 0.15) is 0 Å². The van der Waals surface area contributed by atoms with Crippen molar-refractivity contribution >= 4 is 5.91 Å². The first-order valence-electron chi connectivity index (χ1n) is 8.18. The van der Waals surface area contributed by atoms with Crippen molar-refractivity contribution in [3.63, 3.8) is 0 Å². The molecule has 0 saturated carbocycles. The summed E-state index contributed by atoms with van der Waals surface area (Å²) in [6, 6.07) is 13.8. The van der Waals surface area contributed by atoms with Gasteiger partial charge < -0.3 is 14.4 Å². The topological polar surface area (TPSA) is 38.8 Å². The van der Waals surface area contributed by atoms with Gasteiger partial charge in [-0.3, -0.25) is 4.79 Å². The van der Waals surface area contributed by atoms with Crippen LogP contribution in [0.5, 0.6) is 11.5 Å². The van der Waals surface area contributed by atoms with Crippen LogP contribution in [0.1, 0.15) is 21.5 Å². The predicted octanol–water partition coefficient (Wildman–Crippen LogP) is 3.19. The molecule has 126 valence electrons. The van der Waals surface area contributed by atoms with E-state index >= 15 is 0 Å². The van der Waals surface area contributed by atoms with E-state index in [-0.39, 0.29) is 5.91 Å². The molecule has 2 aromatic rings. The highest BCUT2D eigenvalue weighted by Gasteiger charge is 2.24. The smallest absolute Gasteiger partial charge is 0.253 e. The van der Waals surface area contributed by atoms with Gasteiger partial charge in [0.2, 0.25) is 0 Å². The summed E-state index contributed by atoms with van der Waals surface area (Å²) in [5.41, 5.74) is 3.03. The molecule has 1 aliphatic rings. The number of carbonyl (C=O) groups is 1. The number of amides is 1. The van der Waals surface area contributed by atoms with Gasteiger partial charge >= 0.3 is 0 Å². The van der Waals surface area contributed by atoms with E-state index in [0.717, 1.165) is 35.5 Å². The minimum atomic E-state index is 0.0457. The summed E-state index contributed by atoms with van der Waals surface area (Å²) in [4.78, 5) is 14.0. The van der Waals surface area contributed by atoms with E-state index in [1.165, 1.54) is 5.56 Å². The van der Waals surface area contributed by atoms with E-state index in [9.17, 15) is 4.79 Å². The summed E-state index contributed by atoms with van der Waals surface area (Å²) < 4.78 is 11.3. The number of hydrogen-bond acceptors (Lipinski definition) is 3. The highest BCUT2D eigenvalue weighted by Crippen LogP contribution is 2.36. The van der Waals surface area contributed by atoms with E-state index in [4.69, 9.17) is 9.47 Å². The largest absolute Gasteiger partial charge is 0.493 e. The van der Waals surface area contributed by atoms with Crippen LogP contribution in [-0.2, 0) is 12.8 Å². The molecule has 3 rings (SSSR count). The Morgan fingerprint density at radius 2 is 2.00 bits per heavy atom. The lowest BCUT2D eigenvalue weighted by Gasteiger charge is -2.27. The molecule has 0 spiro atoms. The fraction of sp³-hybridized carbons (Fsp3) is 0.350. The minimum Gasteiger partial charge on any atom is -0.493 e. The number of para-hydroxylation sites is 1. The van der Waals surface area contributed by atoms with Gasteiger partial charge in [-0.2, -0.15) is 0 Å². The maximum atomic E-state index is 12.4. The van der Waals surface area contributed by atoms with Gasteiger partial charge in [-0.25, -0.2) is 0 Å². The lowest BCUT2D eigenvalue weighted by atomic mass is 9.89. The van der Waals surface area contributed by atoms with E-state index < -0.39 is 0 Å². The molecule has 24 heavy (non-hydrogen) atoms. The molecule has 0 bridgehead atoms. The van der Waals surface area contributed by atoms with Gasteiger partial charge in [0, 0.05) is 25.6 Å². The number of rotatable bonds is 4. The molecular weight excluding hydrogens is 302 g/mol. The molecule has 4 nitrogen and oxygen atoms in total. The standard InChI is InChI=1S/C20H23NO3/c1-21(2)20(22)17-9-5-4-7-15(17)11-14-12-16-8-6-10-18(23-3)19(16)24-13-14/h4-10,14H,11-13H2,1-3H3/t14-/m0/s1. The molecule has 0 fully saturated rings. The Morgan fingerprint density at radius 1 is 1.21 bits per heavy atom. The third-order valence-electron chi connectivity index (χ3n) is 4.41. The summed E-state index contributed by atoms with van der Waals surface area (Å²) in [5, 5.41) is 0. The van der Waals surface area contributed by atoms with Crippen molar-refractivity contribution in [2.24, 2.45) is 5.92 Å². The molecule has 0 aliphatic carbocycles. The Balaban J connectivity index is 1.80. The molecule has 2 aromatic carbocycles. The Bertz CT molecular complexity index is 739. The van der Waals surface area contributed by atoms with E-state index in [2.05, 4.69) is 6.07 Å². The van der Waals surface area contributed by atoms with Gasteiger partial charge in [-0.15, -0.1) is 0 Å². The monoisotopic (exact) mass is 325 g/mol. The Labute approximate surface area is 143 Å². The highest BCUT2D eigenvalue weighted by molar-refractivity contribution is 5.95. The summed E-state index contributed by atoms with van der Waals surface area (Å²) >= 11 is 0. The quantitative estimate of drug-likeness (QED) is 0.866. The molecule has 1 amide bonds. The van der Waals surface area contributed by atoms with Crippen LogP contribution < -0.4 is 9.47 Å². The molecule has 0 saturated heterocycles. The summed E-state index contributed by atoms with van der Waals surface area (Å²) in [6.45, 7) is 0.637. The average molecular weight is 325 g/mol. The summed E-state index contributed by atoms with van der Waals surface area (Å²) in [6.07, 6.45) is 1.75. The lowest BCUT2D eigenvalue weighted by molar-refractivity contribution is 0.0826. The Kier molecular flexibility index (Phi) is 4.74. The van der Waals surface area contributed by atoms with Crippen molar-refractivity contribution in [1.82, 2.24) is 4.90 Å². The SMILES string of the molecule is COc1cccc2c1OC[C@@H](Cc1ccccc1C(=O)N(C)C)C2. The van der Waals surface area contributed by atoms with Crippen LogP contribution in [0.25, 0.3) is 0 Å². The van der Waals surface area contributed by atoms with Crippen molar-refractivity contribution in [3.05, 3.63) is 59.2 Å². The number of ether oxygens (including phenoxy) is 2. The molecule has 0 aromatic heterocycles. The molecule has 0 N–H and O–H groups in total. The van der Waals surface area contributed by atoms with Gasteiger partial charge in [0.15, 0.2) is 11.5 Å². The Hall–Kier alpha value is -2.49. The molecule has 4 heteroatoms. The average Bonchev–Trinajstić information content (AvgIpc) is 2.60. The lowest BCUT2D eigenvalue weighted by Crippen LogP contribution is -2.26. The zero-order valence-corrected chi connectivity index (χ0v) is 14.4. The molecule has 0 unspecified atom stereocenters. The zero-order valence-electron chi connectivity index (χ0n) is 14.4. The van der Waals surface area contributed by atoms with Crippen LogP contribution in [0, 0.1) is 5.92 Å². The molecule has 1 atom stereocenters. The Morgan fingerprint density at radius 3 is 2.75 bits per heavy atom. The normalized spacial score (nSPS) is 16.0. The maximum Gasteiger partial charge on any atom is 0.253 e. The van der Waals surface area contributed by atoms with E-state index in [1.54, 1.807) is 26.1 Å². The maximum absolute atomic E-state index is 12.4. The zero-order chi connectivity index (χ0) is 17.1. The van der Waals surface area contributed by atoms with Crippen molar-refractivity contribution in [2.45, 2.75) is 12.8 Å². The second-order valence-electron chi connectivity index (χ2n) is 6.39. The van der Waals surface area contributed by atoms with Gasteiger partial charge in [-0.1, -0.05) is 30.3 Å². The van der Waals surface area contributed by atoms with Crippen LogP contribution >= 0.6 is 0 Å². The fourth-order valence-electron chi connectivity index (χ4n) is 3.21. The molecule has 1 aliphatic heterocycles. The van der Waals surface area contributed by atoms with E-state index in [1.807, 2.05) is 36.4 Å².